The average molecular weight is 743 g/mol. The van der Waals surface area contributed by atoms with Crippen molar-refractivity contribution in [2.45, 2.75) is 44.9 Å². The van der Waals surface area contributed by atoms with E-state index in [1.54, 1.807) is 6.20 Å². The molecule has 0 saturated heterocycles. The Labute approximate surface area is 264 Å². The molecule has 4 aromatic heterocycles. The first-order valence-corrected chi connectivity index (χ1v) is 14.8. The van der Waals surface area contributed by atoms with E-state index in [2.05, 4.69) is 68.0 Å². The molecular formula is C37H30IrN2OS-2. The fraction of sp³-hybridized carbons (Fsp3) is 0.189. The first-order valence-electron chi connectivity index (χ1n) is 14.0. The van der Waals surface area contributed by atoms with Crippen LogP contribution in [0.4, 0.5) is 0 Å². The van der Waals surface area contributed by atoms with Gasteiger partial charge in [0.25, 0.3) is 0 Å². The zero-order chi connectivity index (χ0) is 28.2. The zero-order valence-corrected chi connectivity index (χ0v) is 27.2. The second-order valence-electron chi connectivity index (χ2n) is 12.0. The van der Waals surface area contributed by atoms with Crippen molar-refractivity contribution in [3.05, 3.63) is 120 Å². The van der Waals surface area contributed by atoms with Crippen LogP contribution in [0.1, 0.15) is 44.6 Å². The first-order chi connectivity index (χ1) is 19.8. The molecule has 1 aliphatic carbocycles. The smallest absolute Gasteiger partial charge is 0.138 e. The van der Waals surface area contributed by atoms with E-state index in [9.17, 15) is 0 Å². The van der Waals surface area contributed by atoms with Crippen LogP contribution in [-0.4, -0.2) is 9.97 Å². The Hall–Kier alpha value is -3.63. The summed E-state index contributed by atoms with van der Waals surface area (Å²) in [5.74, 6) is 0. The van der Waals surface area contributed by atoms with Gasteiger partial charge in [-0.15, -0.1) is 65.4 Å². The van der Waals surface area contributed by atoms with Crippen LogP contribution in [0.3, 0.4) is 0 Å². The molecule has 211 valence electrons. The van der Waals surface area contributed by atoms with Gasteiger partial charge in [0, 0.05) is 53.6 Å². The van der Waals surface area contributed by atoms with Crippen molar-refractivity contribution < 1.29 is 24.5 Å². The number of hydrogen-bond acceptors (Lipinski definition) is 4. The molecule has 0 unspecified atom stereocenters. The molecule has 0 bridgehead atoms. The van der Waals surface area contributed by atoms with Gasteiger partial charge in [-0.05, 0) is 40.9 Å². The summed E-state index contributed by atoms with van der Waals surface area (Å²) in [5, 5.41) is 3.66. The van der Waals surface area contributed by atoms with E-state index in [-0.39, 0.29) is 30.9 Å². The predicted molar refractivity (Wildman–Crippen MR) is 170 cm³/mol. The fourth-order valence-electron chi connectivity index (χ4n) is 6.55. The minimum absolute atomic E-state index is 0. The number of thiophene rings is 1. The van der Waals surface area contributed by atoms with Crippen LogP contribution in [-0.2, 0) is 30.9 Å². The molecule has 0 fully saturated rings. The molecule has 5 heteroatoms. The van der Waals surface area contributed by atoms with E-state index in [0.29, 0.717) is 0 Å². The van der Waals surface area contributed by atoms with Gasteiger partial charge in [0.15, 0.2) is 0 Å². The molecule has 0 spiro atoms. The van der Waals surface area contributed by atoms with Gasteiger partial charge in [-0.2, -0.15) is 0 Å². The van der Waals surface area contributed by atoms with Gasteiger partial charge >= 0.3 is 0 Å². The summed E-state index contributed by atoms with van der Waals surface area (Å²) in [7, 11) is 0. The van der Waals surface area contributed by atoms with Crippen molar-refractivity contribution >= 4 is 43.4 Å². The number of rotatable bonds is 2. The molecule has 0 saturated carbocycles. The Morgan fingerprint density at radius 1 is 0.690 bits per heavy atom. The Balaban J connectivity index is 0.000000205. The molecular weight excluding hydrogens is 713 g/mol. The number of aromatic nitrogens is 2. The molecule has 8 rings (SSSR count). The van der Waals surface area contributed by atoms with Gasteiger partial charge in [-0.1, -0.05) is 75.0 Å². The summed E-state index contributed by atoms with van der Waals surface area (Å²) < 4.78 is 7.84. The van der Waals surface area contributed by atoms with E-state index in [4.69, 9.17) is 4.42 Å². The van der Waals surface area contributed by atoms with Gasteiger partial charge in [0.2, 0.25) is 0 Å². The predicted octanol–water partition coefficient (Wildman–Crippen LogP) is 10.2. The summed E-state index contributed by atoms with van der Waals surface area (Å²) >= 11 is 1.92. The Bertz CT molecular complexity index is 1970. The van der Waals surface area contributed by atoms with E-state index >= 15 is 0 Å². The monoisotopic (exact) mass is 743 g/mol. The maximum Gasteiger partial charge on any atom is 0.138 e. The van der Waals surface area contributed by atoms with Crippen LogP contribution >= 0.6 is 11.3 Å². The summed E-state index contributed by atoms with van der Waals surface area (Å²) in [6, 6.07) is 34.7. The minimum Gasteiger partial charge on any atom is -0.499 e. The van der Waals surface area contributed by atoms with Gasteiger partial charge < -0.3 is 14.4 Å². The molecule has 0 aliphatic heterocycles. The van der Waals surface area contributed by atoms with E-state index < -0.39 is 0 Å². The number of benzene rings is 3. The van der Waals surface area contributed by atoms with Gasteiger partial charge in [0.1, 0.15) is 5.58 Å². The van der Waals surface area contributed by atoms with Crippen molar-refractivity contribution in [3.63, 3.8) is 0 Å². The summed E-state index contributed by atoms with van der Waals surface area (Å²) in [4.78, 5) is 10.3. The average Bonchev–Trinajstić information content (AvgIpc) is 3.63. The third-order valence-electron chi connectivity index (χ3n) is 8.00. The second-order valence-corrected chi connectivity index (χ2v) is 13.0. The third kappa shape index (κ3) is 4.80. The SMILES string of the molecule is CC1(C)CC(C)(C)c2c1sc1c2ccc2c3cc[c-]c(-c4ccccn4)c3oc21.[Ir].[c-]1ccccc1-c1ccccn1. The Morgan fingerprint density at radius 2 is 1.38 bits per heavy atom. The minimum atomic E-state index is 0. The number of furan rings is 1. The number of fused-ring (bicyclic) bond motifs is 7. The van der Waals surface area contributed by atoms with Gasteiger partial charge in [-0.25, -0.2) is 0 Å². The molecule has 4 heterocycles. The maximum atomic E-state index is 6.56. The molecule has 0 atom stereocenters. The molecule has 0 N–H and O–H groups in total. The first kappa shape index (κ1) is 28.5. The molecule has 42 heavy (non-hydrogen) atoms. The van der Waals surface area contributed by atoms with Crippen LogP contribution in [0, 0.1) is 12.1 Å². The maximum absolute atomic E-state index is 6.56. The standard InChI is InChI=1S/C26H22NOS.C11H8N.Ir/c1-25(2)14-26(3,4)24-20(25)18-12-11-16-15-8-7-9-17(19-10-5-6-13-27-19)21(15)28-22(16)23(18)29-24;1-2-6-10(7-3-1)11-8-4-5-9-12-11;/h5-8,10-13H,14H2,1-4H3;1-6,8-9H;/q2*-1;. The summed E-state index contributed by atoms with van der Waals surface area (Å²) in [5.41, 5.74) is 7.61. The van der Waals surface area contributed by atoms with E-state index in [0.717, 1.165) is 39.1 Å². The van der Waals surface area contributed by atoms with Crippen LogP contribution in [0.15, 0.2) is 102 Å². The van der Waals surface area contributed by atoms with E-state index in [1.807, 2.05) is 84.3 Å². The van der Waals surface area contributed by atoms with Crippen LogP contribution in [0.25, 0.3) is 54.5 Å². The van der Waals surface area contributed by atoms with Crippen LogP contribution < -0.4 is 0 Å². The summed E-state index contributed by atoms with van der Waals surface area (Å²) in [6.45, 7) is 9.51. The number of nitrogens with zero attached hydrogens (tertiary/aromatic N) is 2. The molecule has 1 radical (unpaired) electrons. The number of hydrogen-bond donors (Lipinski definition) is 0. The van der Waals surface area contributed by atoms with E-state index in [1.165, 1.54) is 32.3 Å². The molecule has 3 aromatic carbocycles. The van der Waals surface area contributed by atoms with Gasteiger partial charge in [0.05, 0.1) is 10.3 Å². The van der Waals surface area contributed by atoms with Crippen molar-refractivity contribution in [2.75, 3.05) is 0 Å². The van der Waals surface area contributed by atoms with Crippen molar-refractivity contribution in [3.8, 4) is 22.5 Å². The molecule has 1 aliphatic rings. The van der Waals surface area contributed by atoms with Crippen molar-refractivity contribution in [2.24, 2.45) is 0 Å². The molecule has 7 aromatic rings. The van der Waals surface area contributed by atoms with Crippen LogP contribution in [0.2, 0.25) is 0 Å². The van der Waals surface area contributed by atoms with Crippen molar-refractivity contribution in [1.29, 1.82) is 0 Å². The van der Waals surface area contributed by atoms with Gasteiger partial charge in [-0.3, -0.25) is 0 Å². The second kappa shape index (κ2) is 10.9. The zero-order valence-electron chi connectivity index (χ0n) is 24.0. The molecule has 3 nitrogen and oxygen atoms in total. The topological polar surface area (TPSA) is 38.9 Å². The largest absolute Gasteiger partial charge is 0.499 e. The number of pyridine rings is 2. The normalized spacial score (nSPS) is 14.8. The van der Waals surface area contributed by atoms with Crippen LogP contribution in [0.5, 0.6) is 0 Å². The Kier molecular flexibility index (Phi) is 7.39. The quantitative estimate of drug-likeness (QED) is 0.166. The van der Waals surface area contributed by atoms with Crippen molar-refractivity contribution in [1.82, 2.24) is 9.97 Å². The molecule has 0 amide bonds. The fourth-order valence-corrected chi connectivity index (χ4v) is 8.12. The third-order valence-corrected chi connectivity index (χ3v) is 9.57. The summed E-state index contributed by atoms with van der Waals surface area (Å²) in [6.07, 6.45) is 4.79. The Morgan fingerprint density at radius 3 is 2.07 bits per heavy atom.